The summed E-state index contributed by atoms with van der Waals surface area (Å²) >= 11 is 0. The summed E-state index contributed by atoms with van der Waals surface area (Å²) in [7, 11) is 0. The fraction of sp³-hybridized carbons (Fsp3) is 0.391. The molecule has 0 spiro atoms. The van der Waals surface area contributed by atoms with Crippen LogP contribution in [0.4, 0.5) is 0 Å². The van der Waals surface area contributed by atoms with Crippen molar-refractivity contribution in [2.45, 2.75) is 32.8 Å². The average molecular weight is 375 g/mol. The standard InChI is InChI=1S/C23H25N3O2/c1-16-9-10-22-24-19(14-25(22)11-16)15-28-21-8-3-2-7-20(21)23(27)26-12-17-5-4-6-18(17)13-26/h2-3,7-11,14,17-18H,4-6,12-13,15H2,1H3/t17-,18+. The Kier molecular flexibility index (Phi) is 4.30. The highest BCUT2D eigenvalue weighted by Crippen LogP contribution is 2.38. The Hall–Kier alpha value is -2.82. The van der Waals surface area contributed by atoms with Crippen molar-refractivity contribution < 1.29 is 9.53 Å². The number of ether oxygens (including phenoxy) is 1. The lowest BCUT2D eigenvalue weighted by molar-refractivity contribution is 0.0775. The number of likely N-dealkylation sites (tertiary alicyclic amines) is 1. The molecule has 2 fully saturated rings. The fourth-order valence-corrected chi connectivity index (χ4v) is 4.72. The molecule has 5 nitrogen and oxygen atoms in total. The Balaban J connectivity index is 1.32. The highest BCUT2D eigenvalue weighted by Gasteiger charge is 2.38. The largest absolute Gasteiger partial charge is 0.486 e. The van der Waals surface area contributed by atoms with E-state index >= 15 is 0 Å². The summed E-state index contributed by atoms with van der Waals surface area (Å²) in [6.45, 7) is 4.19. The van der Waals surface area contributed by atoms with Crippen molar-refractivity contribution >= 4 is 11.6 Å². The third-order valence-corrected chi connectivity index (χ3v) is 6.16. The monoisotopic (exact) mass is 375 g/mol. The van der Waals surface area contributed by atoms with Crippen LogP contribution in [0.2, 0.25) is 0 Å². The molecule has 0 N–H and O–H groups in total. The third-order valence-electron chi connectivity index (χ3n) is 6.16. The Labute approximate surface area is 164 Å². The lowest BCUT2D eigenvalue weighted by Crippen LogP contribution is -2.29. The molecule has 2 aliphatic rings. The lowest BCUT2D eigenvalue weighted by atomic mass is 10.0. The number of amides is 1. The molecular formula is C23H25N3O2. The van der Waals surface area contributed by atoms with Crippen molar-refractivity contribution in [3.8, 4) is 5.75 Å². The van der Waals surface area contributed by atoms with Gasteiger partial charge in [-0.15, -0.1) is 0 Å². The summed E-state index contributed by atoms with van der Waals surface area (Å²) in [4.78, 5) is 19.7. The number of rotatable bonds is 4. The second kappa shape index (κ2) is 6.97. The lowest BCUT2D eigenvalue weighted by Gasteiger charge is -2.19. The summed E-state index contributed by atoms with van der Waals surface area (Å²) in [5, 5.41) is 0. The predicted octanol–water partition coefficient (Wildman–Crippen LogP) is 4.09. The molecule has 1 aliphatic carbocycles. The number of imidazole rings is 1. The highest BCUT2D eigenvalue weighted by molar-refractivity contribution is 5.97. The van der Waals surface area contributed by atoms with Crippen LogP contribution < -0.4 is 4.74 Å². The van der Waals surface area contributed by atoms with Crippen molar-refractivity contribution in [2.75, 3.05) is 13.1 Å². The Bertz CT molecular complexity index is 1010. The molecule has 3 aromatic rings. The van der Waals surface area contributed by atoms with Gasteiger partial charge in [-0.3, -0.25) is 4.79 Å². The van der Waals surface area contributed by atoms with Crippen LogP contribution in [0.15, 0.2) is 48.8 Å². The van der Waals surface area contributed by atoms with Gasteiger partial charge >= 0.3 is 0 Å². The average Bonchev–Trinajstić information content (AvgIpc) is 3.40. The molecule has 5 heteroatoms. The molecule has 0 radical (unpaired) electrons. The number of carbonyl (C=O) groups is 1. The maximum absolute atomic E-state index is 13.1. The molecule has 3 heterocycles. The molecule has 0 unspecified atom stereocenters. The quantitative estimate of drug-likeness (QED) is 0.690. The smallest absolute Gasteiger partial charge is 0.257 e. The first-order valence-corrected chi connectivity index (χ1v) is 10.1. The van der Waals surface area contributed by atoms with Gasteiger partial charge in [-0.05, 0) is 55.4 Å². The minimum atomic E-state index is 0.0932. The first kappa shape index (κ1) is 17.3. The van der Waals surface area contributed by atoms with Crippen molar-refractivity contribution in [2.24, 2.45) is 11.8 Å². The van der Waals surface area contributed by atoms with Crippen molar-refractivity contribution in [1.29, 1.82) is 0 Å². The fourth-order valence-electron chi connectivity index (χ4n) is 4.72. The van der Waals surface area contributed by atoms with Gasteiger partial charge in [-0.1, -0.05) is 24.6 Å². The van der Waals surface area contributed by atoms with Crippen LogP contribution in [0.5, 0.6) is 5.75 Å². The SMILES string of the molecule is Cc1ccc2nc(COc3ccccc3C(=O)N3C[C@H]4CCC[C@H]4C3)cn2c1. The van der Waals surface area contributed by atoms with Crippen LogP contribution in [-0.4, -0.2) is 33.3 Å². The van der Waals surface area contributed by atoms with Crippen LogP contribution in [0, 0.1) is 18.8 Å². The van der Waals surface area contributed by atoms with E-state index in [4.69, 9.17) is 4.74 Å². The maximum atomic E-state index is 13.1. The molecule has 2 aromatic heterocycles. The van der Waals surface area contributed by atoms with E-state index < -0.39 is 0 Å². The molecule has 5 rings (SSSR count). The third kappa shape index (κ3) is 3.15. The normalized spacial score (nSPS) is 21.2. The zero-order chi connectivity index (χ0) is 19.1. The number of aromatic nitrogens is 2. The summed E-state index contributed by atoms with van der Waals surface area (Å²) in [5.41, 5.74) is 3.59. The molecule has 1 saturated carbocycles. The molecule has 1 amide bonds. The first-order valence-electron chi connectivity index (χ1n) is 10.1. The molecule has 1 saturated heterocycles. The van der Waals surface area contributed by atoms with Crippen LogP contribution in [0.25, 0.3) is 5.65 Å². The van der Waals surface area contributed by atoms with Crippen LogP contribution in [0.1, 0.15) is 40.9 Å². The molecule has 0 bridgehead atoms. The number of pyridine rings is 1. The summed E-state index contributed by atoms with van der Waals surface area (Å²) in [6, 6.07) is 11.6. The number of para-hydroxylation sites is 1. The van der Waals surface area contributed by atoms with Crippen LogP contribution in [-0.2, 0) is 6.61 Å². The first-order chi connectivity index (χ1) is 13.7. The minimum absolute atomic E-state index is 0.0932. The number of aryl methyl sites for hydroxylation is 1. The van der Waals surface area contributed by atoms with E-state index in [0.29, 0.717) is 29.8 Å². The van der Waals surface area contributed by atoms with Gasteiger partial charge in [-0.25, -0.2) is 4.98 Å². The van der Waals surface area contributed by atoms with Gasteiger partial charge in [0.15, 0.2) is 0 Å². The Morgan fingerprint density at radius 1 is 1.11 bits per heavy atom. The van der Waals surface area contributed by atoms with E-state index in [2.05, 4.69) is 11.9 Å². The van der Waals surface area contributed by atoms with E-state index in [0.717, 1.165) is 24.4 Å². The number of benzene rings is 1. The van der Waals surface area contributed by atoms with Gasteiger partial charge in [-0.2, -0.15) is 0 Å². The topological polar surface area (TPSA) is 46.8 Å². The molecule has 1 aliphatic heterocycles. The van der Waals surface area contributed by atoms with E-state index in [1.165, 1.54) is 24.8 Å². The number of nitrogens with zero attached hydrogens (tertiary/aromatic N) is 3. The summed E-state index contributed by atoms with van der Waals surface area (Å²) in [5.74, 6) is 2.12. The number of hydrogen-bond donors (Lipinski definition) is 0. The minimum Gasteiger partial charge on any atom is -0.486 e. The van der Waals surface area contributed by atoms with Gasteiger partial charge in [0.25, 0.3) is 5.91 Å². The van der Waals surface area contributed by atoms with Crippen molar-refractivity contribution in [3.05, 3.63) is 65.6 Å². The highest BCUT2D eigenvalue weighted by atomic mass is 16.5. The van der Waals surface area contributed by atoms with E-state index in [9.17, 15) is 4.79 Å². The molecule has 28 heavy (non-hydrogen) atoms. The number of hydrogen-bond acceptors (Lipinski definition) is 3. The number of fused-ring (bicyclic) bond motifs is 2. The maximum Gasteiger partial charge on any atom is 0.257 e. The van der Waals surface area contributed by atoms with Gasteiger partial charge in [0.1, 0.15) is 18.0 Å². The van der Waals surface area contributed by atoms with Crippen LogP contribution in [0.3, 0.4) is 0 Å². The zero-order valence-corrected chi connectivity index (χ0v) is 16.2. The van der Waals surface area contributed by atoms with Gasteiger partial charge in [0.05, 0.1) is 11.3 Å². The Morgan fingerprint density at radius 2 is 1.89 bits per heavy atom. The van der Waals surface area contributed by atoms with Crippen molar-refractivity contribution in [1.82, 2.24) is 14.3 Å². The van der Waals surface area contributed by atoms with Gasteiger partial charge in [0, 0.05) is 25.5 Å². The zero-order valence-electron chi connectivity index (χ0n) is 16.2. The molecule has 144 valence electrons. The molecule has 1 aromatic carbocycles. The molecular weight excluding hydrogens is 350 g/mol. The van der Waals surface area contributed by atoms with E-state index in [1.54, 1.807) is 0 Å². The summed E-state index contributed by atoms with van der Waals surface area (Å²) < 4.78 is 8.04. The van der Waals surface area contributed by atoms with Gasteiger partial charge in [0.2, 0.25) is 0 Å². The van der Waals surface area contributed by atoms with Crippen molar-refractivity contribution in [3.63, 3.8) is 0 Å². The van der Waals surface area contributed by atoms with E-state index in [-0.39, 0.29) is 5.91 Å². The second-order valence-electron chi connectivity index (χ2n) is 8.15. The number of carbonyl (C=O) groups excluding carboxylic acids is 1. The Morgan fingerprint density at radius 3 is 2.71 bits per heavy atom. The van der Waals surface area contributed by atoms with Gasteiger partial charge < -0.3 is 14.0 Å². The molecule has 2 atom stereocenters. The second-order valence-corrected chi connectivity index (χ2v) is 8.15. The summed E-state index contributed by atoms with van der Waals surface area (Å²) in [6.07, 6.45) is 7.87. The van der Waals surface area contributed by atoms with Crippen LogP contribution >= 0.6 is 0 Å². The van der Waals surface area contributed by atoms with E-state index in [1.807, 2.05) is 58.1 Å². The predicted molar refractivity (Wildman–Crippen MR) is 107 cm³/mol.